The van der Waals surface area contributed by atoms with Gasteiger partial charge in [0.2, 0.25) is 5.95 Å². The van der Waals surface area contributed by atoms with Gasteiger partial charge in [-0.25, -0.2) is 14.4 Å². The van der Waals surface area contributed by atoms with E-state index < -0.39 is 0 Å². The van der Waals surface area contributed by atoms with Crippen LogP contribution in [0.5, 0.6) is 0 Å². The van der Waals surface area contributed by atoms with Gasteiger partial charge in [-0.2, -0.15) is 10.1 Å². The zero-order valence-corrected chi connectivity index (χ0v) is 15.4. The summed E-state index contributed by atoms with van der Waals surface area (Å²) < 4.78 is 17.0. The van der Waals surface area contributed by atoms with Crippen molar-refractivity contribution in [2.24, 2.45) is 7.05 Å². The molecule has 1 atom stereocenters. The number of hydrogen-bond acceptors (Lipinski definition) is 6. The molecule has 1 aromatic carbocycles. The molecule has 3 aromatic rings. The Hall–Kier alpha value is -2.87. The van der Waals surface area contributed by atoms with Gasteiger partial charge in [-0.05, 0) is 43.5 Å². The average molecular weight is 367 g/mol. The van der Waals surface area contributed by atoms with E-state index in [1.165, 1.54) is 6.33 Å². The number of aryl methyl sites for hydroxylation is 1. The van der Waals surface area contributed by atoms with Gasteiger partial charge >= 0.3 is 0 Å². The molecule has 2 heterocycles. The van der Waals surface area contributed by atoms with Crippen molar-refractivity contribution in [2.75, 3.05) is 12.4 Å². The van der Waals surface area contributed by atoms with Crippen molar-refractivity contribution in [3.8, 4) is 11.4 Å². The van der Waals surface area contributed by atoms with Gasteiger partial charge in [-0.1, -0.05) is 12.5 Å². The summed E-state index contributed by atoms with van der Waals surface area (Å²) in [6.45, 7) is 0. The van der Waals surface area contributed by atoms with E-state index in [2.05, 4.69) is 30.7 Å². The maximum Gasteiger partial charge on any atom is 0.230 e. The van der Waals surface area contributed by atoms with Gasteiger partial charge in [0.15, 0.2) is 5.82 Å². The van der Waals surface area contributed by atoms with Gasteiger partial charge in [0.25, 0.3) is 0 Å². The van der Waals surface area contributed by atoms with Crippen LogP contribution in [0.25, 0.3) is 11.4 Å². The number of rotatable bonds is 4. The van der Waals surface area contributed by atoms with Gasteiger partial charge in [0.05, 0.1) is 17.4 Å². The molecule has 0 bridgehead atoms. The van der Waals surface area contributed by atoms with Crippen molar-refractivity contribution in [2.45, 2.75) is 31.7 Å². The first-order valence-corrected chi connectivity index (χ1v) is 9.09. The van der Waals surface area contributed by atoms with Gasteiger partial charge in [0.1, 0.15) is 12.1 Å². The quantitative estimate of drug-likeness (QED) is 0.690. The van der Waals surface area contributed by atoms with Gasteiger partial charge in [0, 0.05) is 19.3 Å². The number of halogens is 1. The molecule has 1 unspecified atom stereocenters. The monoisotopic (exact) mass is 367 g/mol. The molecule has 0 saturated carbocycles. The van der Waals surface area contributed by atoms with Crippen molar-refractivity contribution in [1.29, 1.82) is 0 Å². The summed E-state index contributed by atoms with van der Waals surface area (Å²) in [6, 6.07) is 3.96. The second-order valence-corrected chi connectivity index (χ2v) is 6.74. The zero-order valence-electron chi connectivity index (χ0n) is 15.4. The summed E-state index contributed by atoms with van der Waals surface area (Å²) in [6.07, 6.45) is 8.69. The van der Waals surface area contributed by atoms with Crippen molar-refractivity contribution in [3.63, 3.8) is 0 Å². The predicted octanol–water partition coefficient (Wildman–Crippen LogP) is 3.14. The minimum atomic E-state index is -0.229. The van der Waals surface area contributed by atoms with Crippen LogP contribution in [0.4, 0.5) is 16.0 Å². The largest absolute Gasteiger partial charge is 0.321 e. The summed E-state index contributed by atoms with van der Waals surface area (Å²) in [5.41, 5.74) is 2.97. The molecular weight excluding hydrogens is 345 g/mol. The van der Waals surface area contributed by atoms with E-state index in [1.807, 2.05) is 26.4 Å². The number of anilines is 2. The Morgan fingerprint density at radius 2 is 2.11 bits per heavy atom. The normalized spacial score (nSPS) is 16.6. The minimum Gasteiger partial charge on any atom is -0.321 e. The summed E-state index contributed by atoms with van der Waals surface area (Å²) in [7, 11) is 3.75. The fourth-order valence-corrected chi connectivity index (χ4v) is 3.60. The van der Waals surface area contributed by atoms with Crippen molar-refractivity contribution < 1.29 is 4.39 Å². The third-order valence-electron chi connectivity index (χ3n) is 4.95. The van der Waals surface area contributed by atoms with Gasteiger partial charge in [-0.15, -0.1) is 0 Å². The lowest BCUT2D eigenvalue weighted by Crippen LogP contribution is -2.17. The van der Waals surface area contributed by atoms with Crippen LogP contribution < -0.4 is 10.6 Å². The van der Waals surface area contributed by atoms with Crippen LogP contribution in [0.1, 0.15) is 36.4 Å². The molecule has 4 rings (SSSR count). The van der Waals surface area contributed by atoms with Crippen molar-refractivity contribution in [1.82, 2.24) is 30.0 Å². The first-order chi connectivity index (χ1) is 13.2. The van der Waals surface area contributed by atoms with Crippen LogP contribution in [0.15, 0.2) is 30.9 Å². The molecule has 0 aliphatic heterocycles. The minimum absolute atomic E-state index is 0.187. The van der Waals surface area contributed by atoms with E-state index in [-0.39, 0.29) is 11.9 Å². The SMILES string of the molecule is CNC1CCCCc2c1ccc(-c1ncnc(Nc3cnn(C)c3)n1)c2F. The van der Waals surface area contributed by atoms with Crippen molar-refractivity contribution in [3.05, 3.63) is 47.8 Å². The molecule has 8 heteroatoms. The average Bonchev–Trinajstić information content (AvgIpc) is 2.96. The highest BCUT2D eigenvalue weighted by Gasteiger charge is 2.23. The van der Waals surface area contributed by atoms with Crippen LogP contribution in [0.2, 0.25) is 0 Å². The van der Waals surface area contributed by atoms with E-state index in [0.29, 0.717) is 17.3 Å². The topological polar surface area (TPSA) is 80.5 Å². The lowest BCUT2D eigenvalue weighted by molar-refractivity contribution is 0.532. The lowest BCUT2D eigenvalue weighted by atomic mass is 9.96. The summed E-state index contributed by atoms with van der Waals surface area (Å²) in [4.78, 5) is 12.7. The first kappa shape index (κ1) is 17.5. The molecule has 0 spiro atoms. The molecule has 140 valence electrons. The highest BCUT2D eigenvalue weighted by atomic mass is 19.1. The van der Waals surface area contributed by atoms with Crippen LogP contribution >= 0.6 is 0 Å². The Morgan fingerprint density at radius 1 is 1.22 bits per heavy atom. The molecule has 0 saturated heterocycles. The summed E-state index contributed by atoms with van der Waals surface area (Å²) >= 11 is 0. The smallest absolute Gasteiger partial charge is 0.230 e. The number of aromatic nitrogens is 5. The number of benzene rings is 1. The molecule has 1 aliphatic carbocycles. The van der Waals surface area contributed by atoms with Crippen LogP contribution in [0, 0.1) is 5.82 Å². The highest BCUT2D eigenvalue weighted by molar-refractivity contribution is 5.61. The molecule has 0 radical (unpaired) electrons. The first-order valence-electron chi connectivity index (χ1n) is 9.09. The molecular formula is C19H22FN7. The molecule has 27 heavy (non-hydrogen) atoms. The maximum atomic E-state index is 15.3. The molecule has 0 fully saturated rings. The Kier molecular flexibility index (Phi) is 4.81. The van der Waals surface area contributed by atoms with Crippen LogP contribution in [0.3, 0.4) is 0 Å². The molecule has 0 amide bonds. The number of hydrogen-bond donors (Lipinski definition) is 2. The number of nitrogens with zero attached hydrogens (tertiary/aromatic N) is 5. The van der Waals surface area contributed by atoms with Crippen LogP contribution in [-0.2, 0) is 13.5 Å². The van der Waals surface area contributed by atoms with E-state index in [1.54, 1.807) is 16.9 Å². The zero-order chi connectivity index (χ0) is 18.8. The Morgan fingerprint density at radius 3 is 2.89 bits per heavy atom. The third-order valence-corrected chi connectivity index (χ3v) is 4.95. The van der Waals surface area contributed by atoms with Gasteiger partial charge in [-0.3, -0.25) is 4.68 Å². The predicted molar refractivity (Wildman–Crippen MR) is 101 cm³/mol. The highest BCUT2D eigenvalue weighted by Crippen LogP contribution is 2.34. The maximum absolute atomic E-state index is 15.3. The van der Waals surface area contributed by atoms with E-state index in [4.69, 9.17) is 0 Å². The Labute approximate surface area is 157 Å². The number of nitrogens with one attached hydrogen (secondary N) is 2. The second kappa shape index (κ2) is 7.40. The second-order valence-electron chi connectivity index (χ2n) is 6.74. The Balaban J connectivity index is 1.69. The van der Waals surface area contributed by atoms with Crippen molar-refractivity contribution >= 4 is 11.6 Å². The standard InChI is InChI=1S/C19H22FN7/c1-21-16-6-4-3-5-14-13(16)7-8-15(17(14)20)18-22-11-23-19(26-18)25-12-9-24-27(2)10-12/h7-11,16,21H,3-6H2,1-2H3,(H,22,23,25,26). The number of fused-ring (bicyclic) bond motifs is 1. The Bertz CT molecular complexity index is 953. The summed E-state index contributed by atoms with van der Waals surface area (Å²) in [5, 5.41) is 10.5. The molecule has 7 nitrogen and oxygen atoms in total. The lowest BCUT2D eigenvalue weighted by Gasteiger charge is -2.18. The molecule has 2 N–H and O–H groups in total. The summed E-state index contributed by atoms with van der Waals surface area (Å²) in [5.74, 6) is 0.450. The van der Waals surface area contributed by atoms with Gasteiger partial charge < -0.3 is 10.6 Å². The van der Waals surface area contributed by atoms with E-state index in [0.717, 1.165) is 42.5 Å². The van der Waals surface area contributed by atoms with Crippen LogP contribution in [-0.4, -0.2) is 31.8 Å². The molecule has 2 aromatic heterocycles. The van der Waals surface area contributed by atoms with E-state index >= 15 is 4.39 Å². The fraction of sp³-hybridized carbons (Fsp3) is 0.368. The fourth-order valence-electron chi connectivity index (χ4n) is 3.60. The van der Waals surface area contributed by atoms with E-state index in [9.17, 15) is 0 Å². The third kappa shape index (κ3) is 3.52. The molecule has 1 aliphatic rings.